The first-order chi connectivity index (χ1) is 8.74. The molecule has 0 heterocycles. The van der Waals surface area contributed by atoms with Crippen molar-refractivity contribution in [2.75, 3.05) is 0 Å². The van der Waals surface area contributed by atoms with Gasteiger partial charge in [0.2, 0.25) is 0 Å². The van der Waals surface area contributed by atoms with Gasteiger partial charge in [-0.05, 0) is 31.2 Å². The van der Waals surface area contributed by atoms with Crippen molar-refractivity contribution in [2.24, 2.45) is 10.6 Å². The Morgan fingerprint density at radius 2 is 1.83 bits per heavy atom. The van der Waals surface area contributed by atoms with Gasteiger partial charge >= 0.3 is 0 Å². The molecule has 0 unspecified atom stereocenters. The van der Waals surface area contributed by atoms with Gasteiger partial charge in [0.05, 0.1) is 5.71 Å². The Balaban J connectivity index is 1.97. The van der Waals surface area contributed by atoms with Gasteiger partial charge in [0.15, 0.2) is 0 Å². The smallest absolute Gasteiger partial charge is 0.0632 e. The highest BCUT2D eigenvalue weighted by molar-refractivity contribution is 5.89. The van der Waals surface area contributed by atoms with Crippen molar-refractivity contribution in [3.63, 3.8) is 0 Å². The Morgan fingerprint density at radius 1 is 1.17 bits per heavy atom. The van der Waals surface area contributed by atoms with Crippen LogP contribution in [0.5, 0.6) is 0 Å². The zero-order valence-corrected chi connectivity index (χ0v) is 11.2. The van der Waals surface area contributed by atoms with Crippen LogP contribution in [0.2, 0.25) is 0 Å². The van der Waals surface area contributed by atoms with E-state index in [-0.39, 0.29) is 5.41 Å². The van der Waals surface area contributed by atoms with Crippen molar-refractivity contribution in [1.29, 1.82) is 0 Å². The molecule has 1 aliphatic carbocycles. The van der Waals surface area contributed by atoms with Crippen LogP contribution >= 0.6 is 0 Å². The van der Waals surface area contributed by atoms with Gasteiger partial charge in [-0.25, -0.2) is 0 Å². The fraction of sp³-hybridized carbons (Fsp3) is 0.562. The predicted octanol–water partition coefficient (Wildman–Crippen LogP) is 4.42. The summed E-state index contributed by atoms with van der Waals surface area (Å²) in [4.78, 5) is 0. The van der Waals surface area contributed by atoms with E-state index in [1.807, 2.05) is 6.07 Å². The highest BCUT2D eigenvalue weighted by Gasteiger charge is 2.32. The van der Waals surface area contributed by atoms with Crippen molar-refractivity contribution in [2.45, 2.75) is 51.9 Å². The van der Waals surface area contributed by atoms with E-state index in [9.17, 15) is 5.21 Å². The van der Waals surface area contributed by atoms with E-state index in [0.29, 0.717) is 0 Å². The molecular formula is C16H23NO. The molecule has 0 bridgehead atoms. The number of benzene rings is 1. The normalized spacial score (nSPS) is 19.7. The Labute approximate surface area is 110 Å². The van der Waals surface area contributed by atoms with E-state index in [0.717, 1.165) is 18.6 Å². The summed E-state index contributed by atoms with van der Waals surface area (Å²) in [6.07, 6.45) is 8.03. The number of hydrogen-bond donors (Lipinski definition) is 1. The predicted molar refractivity (Wildman–Crippen MR) is 75.2 cm³/mol. The van der Waals surface area contributed by atoms with Gasteiger partial charge in [0.25, 0.3) is 0 Å². The topological polar surface area (TPSA) is 32.6 Å². The standard InChI is InChI=1S/C16H23NO/c1-16(12-6-3-7-13-16)15(17-18)11-10-14-8-4-2-5-9-14/h2,4-5,8-9,18H,3,6-7,10-13H2,1H3/b17-15+. The molecule has 0 amide bonds. The lowest BCUT2D eigenvalue weighted by molar-refractivity contribution is 0.271. The summed E-state index contributed by atoms with van der Waals surface area (Å²) in [7, 11) is 0. The molecule has 0 saturated heterocycles. The number of oxime groups is 1. The van der Waals surface area contributed by atoms with Crippen molar-refractivity contribution >= 4 is 5.71 Å². The number of rotatable bonds is 4. The van der Waals surface area contributed by atoms with Gasteiger partial charge in [-0.15, -0.1) is 0 Å². The Morgan fingerprint density at radius 3 is 2.44 bits per heavy atom. The second kappa shape index (κ2) is 6.03. The van der Waals surface area contributed by atoms with Gasteiger partial charge in [-0.3, -0.25) is 0 Å². The Hall–Kier alpha value is -1.31. The van der Waals surface area contributed by atoms with E-state index < -0.39 is 0 Å². The maximum Gasteiger partial charge on any atom is 0.0632 e. The molecule has 0 radical (unpaired) electrons. The van der Waals surface area contributed by atoms with E-state index in [4.69, 9.17) is 0 Å². The minimum Gasteiger partial charge on any atom is -0.411 e. The first kappa shape index (κ1) is 13.1. The average Bonchev–Trinajstić information content (AvgIpc) is 2.41. The van der Waals surface area contributed by atoms with Crippen LogP contribution in [0.15, 0.2) is 35.5 Å². The fourth-order valence-electron chi connectivity index (χ4n) is 3.00. The van der Waals surface area contributed by atoms with Crippen molar-refractivity contribution in [3.8, 4) is 0 Å². The second-order valence-electron chi connectivity index (χ2n) is 5.65. The van der Waals surface area contributed by atoms with Gasteiger partial charge in [-0.2, -0.15) is 0 Å². The van der Waals surface area contributed by atoms with Gasteiger partial charge in [0.1, 0.15) is 0 Å². The highest BCUT2D eigenvalue weighted by atomic mass is 16.4. The second-order valence-corrected chi connectivity index (χ2v) is 5.65. The number of aryl methyl sites for hydroxylation is 1. The lowest BCUT2D eigenvalue weighted by atomic mass is 9.71. The summed E-state index contributed by atoms with van der Waals surface area (Å²) in [6, 6.07) is 10.4. The third-order valence-corrected chi connectivity index (χ3v) is 4.27. The molecule has 18 heavy (non-hydrogen) atoms. The summed E-state index contributed by atoms with van der Waals surface area (Å²) >= 11 is 0. The van der Waals surface area contributed by atoms with Crippen LogP contribution < -0.4 is 0 Å². The molecule has 98 valence electrons. The van der Waals surface area contributed by atoms with E-state index >= 15 is 0 Å². The molecule has 1 aliphatic rings. The molecule has 0 aromatic heterocycles. The average molecular weight is 245 g/mol. The van der Waals surface area contributed by atoms with E-state index in [1.165, 1.54) is 37.7 Å². The van der Waals surface area contributed by atoms with Crippen molar-refractivity contribution in [3.05, 3.63) is 35.9 Å². The maximum atomic E-state index is 9.31. The SMILES string of the molecule is CC1(/C(CCc2ccccc2)=N/O)CCCCC1. The summed E-state index contributed by atoms with van der Waals surface area (Å²) < 4.78 is 0. The highest BCUT2D eigenvalue weighted by Crippen LogP contribution is 2.38. The summed E-state index contributed by atoms with van der Waals surface area (Å²) in [5.74, 6) is 0. The Bertz CT molecular complexity index is 391. The molecule has 0 atom stereocenters. The van der Waals surface area contributed by atoms with Crippen molar-refractivity contribution in [1.82, 2.24) is 0 Å². The Kier molecular flexibility index (Phi) is 4.40. The molecule has 0 aliphatic heterocycles. The zero-order chi connectivity index (χ0) is 12.8. The van der Waals surface area contributed by atoms with E-state index in [1.54, 1.807) is 0 Å². The minimum absolute atomic E-state index is 0.127. The lowest BCUT2D eigenvalue weighted by Crippen LogP contribution is -2.30. The third kappa shape index (κ3) is 3.12. The van der Waals surface area contributed by atoms with Gasteiger partial charge < -0.3 is 5.21 Å². The van der Waals surface area contributed by atoms with Crippen molar-refractivity contribution < 1.29 is 5.21 Å². The molecule has 2 rings (SSSR count). The van der Waals surface area contributed by atoms with Crippen LogP contribution in [0.4, 0.5) is 0 Å². The molecule has 1 saturated carbocycles. The van der Waals surface area contributed by atoms with Gasteiger partial charge in [0, 0.05) is 5.41 Å². The van der Waals surface area contributed by atoms with Crippen LogP contribution in [0.3, 0.4) is 0 Å². The minimum atomic E-state index is 0.127. The van der Waals surface area contributed by atoms with Crippen LogP contribution in [0.25, 0.3) is 0 Å². The fourth-order valence-corrected chi connectivity index (χ4v) is 3.00. The zero-order valence-electron chi connectivity index (χ0n) is 11.2. The molecule has 2 heteroatoms. The van der Waals surface area contributed by atoms with Crippen LogP contribution in [-0.2, 0) is 6.42 Å². The lowest BCUT2D eigenvalue weighted by Gasteiger charge is -2.34. The monoisotopic (exact) mass is 245 g/mol. The molecular weight excluding hydrogens is 222 g/mol. The van der Waals surface area contributed by atoms with Crippen LogP contribution in [0.1, 0.15) is 51.0 Å². The summed E-state index contributed by atoms with van der Waals surface area (Å²) in [5.41, 5.74) is 2.44. The summed E-state index contributed by atoms with van der Waals surface area (Å²) in [6.45, 7) is 2.26. The first-order valence-electron chi connectivity index (χ1n) is 7.00. The third-order valence-electron chi connectivity index (χ3n) is 4.27. The number of hydrogen-bond acceptors (Lipinski definition) is 2. The number of nitrogens with zero attached hydrogens (tertiary/aromatic N) is 1. The molecule has 2 nitrogen and oxygen atoms in total. The first-order valence-corrected chi connectivity index (χ1v) is 7.00. The summed E-state index contributed by atoms with van der Waals surface area (Å²) in [5, 5.41) is 12.9. The van der Waals surface area contributed by atoms with Crippen LogP contribution in [-0.4, -0.2) is 10.9 Å². The molecule has 1 N–H and O–H groups in total. The largest absolute Gasteiger partial charge is 0.411 e. The van der Waals surface area contributed by atoms with E-state index in [2.05, 4.69) is 36.3 Å². The molecule has 1 fully saturated rings. The molecule has 1 aromatic rings. The molecule has 0 spiro atoms. The maximum absolute atomic E-state index is 9.31. The van der Waals surface area contributed by atoms with Gasteiger partial charge in [-0.1, -0.05) is 61.7 Å². The van der Waals surface area contributed by atoms with Crippen LogP contribution in [0, 0.1) is 5.41 Å². The quantitative estimate of drug-likeness (QED) is 0.475. The molecule has 1 aromatic carbocycles.